The van der Waals surface area contributed by atoms with Crippen LogP contribution < -0.4 is 5.73 Å². The summed E-state index contributed by atoms with van der Waals surface area (Å²) in [5.41, 5.74) is 5.84. The van der Waals surface area contributed by atoms with Gasteiger partial charge in [0.05, 0.1) is 18.8 Å². The van der Waals surface area contributed by atoms with E-state index in [9.17, 15) is 13.2 Å². The molecule has 2 N–H and O–H groups in total. The van der Waals surface area contributed by atoms with Gasteiger partial charge >= 0.3 is 6.18 Å². The number of ether oxygens (including phenoxy) is 1. The second kappa shape index (κ2) is 6.59. The molecule has 5 heteroatoms. The Morgan fingerprint density at radius 2 is 1.75 bits per heavy atom. The summed E-state index contributed by atoms with van der Waals surface area (Å²) >= 11 is 0. The normalized spacial score (nSPS) is 23.2. The van der Waals surface area contributed by atoms with E-state index < -0.39 is 11.7 Å². The van der Waals surface area contributed by atoms with E-state index in [0.29, 0.717) is 31.6 Å². The molecule has 1 aliphatic rings. The number of nitrogens with two attached hydrogens (primary N) is 1. The molecule has 0 spiro atoms. The first-order valence-electron chi connectivity index (χ1n) is 6.94. The van der Waals surface area contributed by atoms with Crippen LogP contribution in [-0.2, 0) is 17.5 Å². The Morgan fingerprint density at radius 3 is 2.35 bits per heavy atom. The summed E-state index contributed by atoms with van der Waals surface area (Å²) in [6.07, 6.45) is -0.798. The summed E-state index contributed by atoms with van der Waals surface area (Å²) in [5.74, 6) is 1.03. The Morgan fingerprint density at radius 1 is 1.10 bits per heavy atom. The van der Waals surface area contributed by atoms with Gasteiger partial charge in [0.25, 0.3) is 0 Å². The molecule has 0 saturated heterocycles. The largest absolute Gasteiger partial charge is 0.416 e. The molecule has 0 bridgehead atoms. The number of halogens is 3. The van der Waals surface area contributed by atoms with E-state index in [1.807, 2.05) is 0 Å². The number of hydrogen-bond donors (Lipinski definition) is 1. The minimum absolute atomic E-state index is 0.353. The first-order valence-corrected chi connectivity index (χ1v) is 6.94. The monoisotopic (exact) mass is 287 g/mol. The molecule has 1 fully saturated rings. The van der Waals surface area contributed by atoms with Crippen molar-refractivity contribution in [3.8, 4) is 0 Å². The van der Waals surface area contributed by atoms with Crippen LogP contribution in [0.15, 0.2) is 24.3 Å². The highest BCUT2D eigenvalue weighted by Gasteiger charge is 2.30. The van der Waals surface area contributed by atoms with E-state index in [2.05, 4.69) is 0 Å². The highest BCUT2D eigenvalue weighted by atomic mass is 19.4. The van der Waals surface area contributed by atoms with E-state index in [1.165, 1.54) is 18.6 Å². The van der Waals surface area contributed by atoms with Crippen LogP contribution >= 0.6 is 0 Å². The minimum atomic E-state index is -4.28. The Balaban J connectivity index is 1.80. The fraction of sp³-hybridized carbons (Fsp3) is 0.600. The zero-order valence-corrected chi connectivity index (χ0v) is 11.3. The van der Waals surface area contributed by atoms with Crippen molar-refractivity contribution in [2.24, 2.45) is 17.6 Å². The lowest BCUT2D eigenvalue weighted by Crippen LogP contribution is -2.22. The summed E-state index contributed by atoms with van der Waals surface area (Å²) in [5, 5.41) is 0. The maximum atomic E-state index is 12.4. The SMILES string of the molecule is NCC1CCCC1COCc1ccc(C(F)(F)F)cc1. The third-order valence-corrected chi connectivity index (χ3v) is 4.00. The van der Waals surface area contributed by atoms with Crippen molar-refractivity contribution in [3.63, 3.8) is 0 Å². The van der Waals surface area contributed by atoms with Gasteiger partial charge in [-0.3, -0.25) is 0 Å². The topological polar surface area (TPSA) is 35.2 Å². The first-order chi connectivity index (χ1) is 9.50. The maximum absolute atomic E-state index is 12.4. The van der Waals surface area contributed by atoms with Gasteiger partial charge in [-0.15, -0.1) is 0 Å². The zero-order chi connectivity index (χ0) is 14.6. The lowest BCUT2D eigenvalue weighted by atomic mass is 9.97. The van der Waals surface area contributed by atoms with Gasteiger partial charge in [0.1, 0.15) is 0 Å². The van der Waals surface area contributed by atoms with Gasteiger partial charge in [-0.1, -0.05) is 18.6 Å². The van der Waals surface area contributed by atoms with Gasteiger partial charge in [0.15, 0.2) is 0 Å². The summed E-state index contributed by atoms with van der Waals surface area (Å²) in [6.45, 7) is 1.68. The van der Waals surface area contributed by atoms with Crippen molar-refractivity contribution in [2.75, 3.05) is 13.2 Å². The predicted octanol–water partition coefficient (Wildman–Crippen LogP) is 3.60. The van der Waals surface area contributed by atoms with Crippen LogP contribution in [0.5, 0.6) is 0 Å². The Hall–Kier alpha value is -1.07. The van der Waals surface area contributed by atoms with Gasteiger partial charge in [-0.25, -0.2) is 0 Å². The predicted molar refractivity (Wildman–Crippen MR) is 71.0 cm³/mol. The number of benzene rings is 1. The summed E-state index contributed by atoms with van der Waals surface area (Å²) < 4.78 is 42.9. The van der Waals surface area contributed by atoms with Crippen LogP contribution in [0.25, 0.3) is 0 Å². The molecular formula is C15H20F3NO. The maximum Gasteiger partial charge on any atom is 0.416 e. The number of hydrogen-bond acceptors (Lipinski definition) is 2. The fourth-order valence-corrected chi connectivity index (χ4v) is 2.76. The average Bonchev–Trinajstić information content (AvgIpc) is 2.86. The van der Waals surface area contributed by atoms with Crippen molar-refractivity contribution in [2.45, 2.75) is 32.0 Å². The second-order valence-electron chi connectivity index (χ2n) is 5.40. The molecule has 2 unspecified atom stereocenters. The van der Waals surface area contributed by atoms with E-state index >= 15 is 0 Å². The van der Waals surface area contributed by atoms with Crippen molar-refractivity contribution in [1.82, 2.24) is 0 Å². The average molecular weight is 287 g/mol. The van der Waals surface area contributed by atoms with Crippen LogP contribution in [-0.4, -0.2) is 13.2 Å². The third-order valence-electron chi connectivity index (χ3n) is 4.00. The van der Waals surface area contributed by atoms with Crippen molar-refractivity contribution < 1.29 is 17.9 Å². The van der Waals surface area contributed by atoms with Gasteiger partial charge < -0.3 is 10.5 Å². The molecule has 1 aliphatic carbocycles. The van der Waals surface area contributed by atoms with Gasteiger partial charge in [-0.05, 0) is 48.9 Å². The van der Waals surface area contributed by atoms with Crippen LogP contribution in [0.3, 0.4) is 0 Å². The molecule has 1 saturated carbocycles. The van der Waals surface area contributed by atoms with Crippen LogP contribution in [0, 0.1) is 11.8 Å². The Labute approximate surface area is 117 Å². The summed E-state index contributed by atoms with van der Waals surface area (Å²) in [7, 11) is 0. The lowest BCUT2D eigenvalue weighted by Gasteiger charge is -2.17. The molecular weight excluding hydrogens is 267 g/mol. The molecule has 2 atom stereocenters. The summed E-state index contributed by atoms with van der Waals surface area (Å²) in [4.78, 5) is 0. The van der Waals surface area contributed by atoms with Crippen molar-refractivity contribution >= 4 is 0 Å². The minimum Gasteiger partial charge on any atom is -0.376 e. The molecule has 1 aromatic carbocycles. The molecule has 0 aliphatic heterocycles. The van der Waals surface area contributed by atoms with Crippen LogP contribution in [0.4, 0.5) is 13.2 Å². The summed E-state index contributed by atoms with van der Waals surface area (Å²) in [6, 6.07) is 5.13. The number of rotatable bonds is 5. The molecule has 112 valence electrons. The van der Waals surface area contributed by atoms with E-state index in [-0.39, 0.29) is 0 Å². The molecule has 0 amide bonds. The van der Waals surface area contributed by atoms with E-state index in [1.54, 1.807) is 0 Å². The highest BCUT2D eigenvalue weighted by molar-refractivity contribution is 5.24. The molecule has 2 rings (SSSR count). The molecule has 0 heterocycles. The first kappa shape index (κ1) is 15.3. The zero-order valence-electron chi connectivity index (χ0n) is 11.3. The Kier molecular flexibility index (Phi) is 5.05. The number of alkyl halides is 3. The molecule has 1 aromatic rings. The van der Waals surface area contributed by atoms with E-state index in [4.69, 9.17) is 10.5 Å². The highest BCUT2D eigenvalue weighted by Crippen LogP contribution is 2.31. The van der Waals surface area contributed by atoms with Crippen molar-refractivity contribution in [3.05, 3.63) is 35.4 Å². The Bertz CT molecular complexity index is 416. The fourth-order valence-electron chi connectivity index (χ4n) is 2.76. The van der Waals surface area contributed by atoms with Crippen LogP contribution in [0.1, 0.15) is 30.4 Å². The van der Waals surface area contributed by atoms with E-state index in [0.717, 1.165) is 30.5 Å². The standard InChI is InChI=1S/C15H20F3NO/c16-15(17,18)14-6-4-11(5-7-14)9-20-10-13-3-1-2-12(13)8-19/h4-7,12-13H,1-3,8-10,19H2. The molecule has 0 aromatic heterocycles. The van der Waals surface area contributed by atoms with Gasteiger partial charge in [-0.2, -0.15) is 13.2 Å². The molecule has 20 heavy (non-hydrogen) atoms. The van der Waals surface area contributed by atoms with Gasteiger partial charge in [0, 0.05) is 0 Å². The lowest BCUT2D eigenvalue weighted by molar-refractivity contribution is -0.137. The quantitative estimate of drug-likeness (QED) is 0.898. The smallest absolute Gasteiger partial charge is 0.376 e. The van der Waals surface area contributed by atoms with Gasteiger partial charge in [0.2, 0.25) is 0 Å². The van der Waals surface area contributed by atoms with Crippen LogP contribution in [0.2, 0.25) is 0 Å². The molecule has 0 radical (unpaired) electrons. The van der Waals surface area contributed by atoms with Crippen molar-refractivity contribution in [1.29, 1.82) is 0 Å². The molecule has 2 nitrogen and oxygen atoms in total. The third kappa shape index (κ3) is 3.96. The second-order valence-corrected chi connectivity index (χ2v) is 5.40.